The molecule has 16 heavy (non-hydrogen) atoms. The lowest BCUT2D eigenvalue weighted by Gasteiger charge is -2.19. The second-order valence-corrected chi connectivity index (χ2v) is 5.61. The fourth-order valence-electron chi connectivity index (χ4n) is 1.66. The van der Waals surface area contributed by atoms with E-state index in [1.165, 1.54) is 4.31 Å². The highest BCUT2D eigenvalue weighted by atomic mass is 32.2. The molecular formula is C9H18N2O4S. The fraction of sp³-hybridized carbons (Fsp3) is 0.889. The first kappa shape index (κ1) is 13.4. The van der Waals surface area contributed by atoms with E-state index in [1.54, 1.807) is 0 Å². The first-order chi connectivity index (χ1) is 7.52. The normalized spacial score (nSPS) is 19.2. The van der Waals surface area contributed by atoms with Crippen molar-refractivity contribution in [3.05, 3.63) is 0 Å². The average molecular weight is 250 g/mol. The van der Waals surface area contributed by atoms with Crippen LogP contribution in [-0.2, 0) is 15.0 Å². The monoisotopic (exact) mass is 250 g/mol. The summed E-state index contributed by atoms with van der Waals surface area (Å²) in [6.45, 7) is 1.01. The van der Waals surface area contributed by atoms with Gasteiger partial charge in [-0.15, -0.1) is 0 Å². The minimum Gasteiger partial charge on any atom is -0.481 e. The molecule has 0 radical (unpaired) electrons. The summed E-state index contributed by atoms with van der Waals surface area (Å²) in [6, 6.07) is 0. The van der Waals surface area contributed by atoms with E-state index in [9.17, 15) is 13.2 Å². The minimum atomic E-state index is -3.48. The highest BCUT2D eigenvalue weighted by molar-refractivity contribution is 7.87. The van der Waals surface area contributed by atoms with Crippen molar-refractivity contribution in [3.63, 3.8) is 0 Å². The maximum atomic E-state index is 11.7. The second kappa shape index (κ2) is 6.17. The van der Waals surface area contributed by atoms with Crippen molar-refractivity contribution in [2.45, 2.75) is 32.1 Å². The topological polar surface area (TPSA) is 86.7 Å². The maximum Gasteiger partial charge on any atom is 0.304 e. The molecule has 1 saturated heterocycles. The van der Waals surface area contributed by atoms with Crippen LogP contribution in [0, 0.1) is 0 Å². The van der Waals surface area contributed by atoms with E-state index in [0.717, 1.165) is 25.7 Å². The zero-order valence-corrected chi connectivity index (χ0v) is 10.0. The van der Waals surface area contributed by atoms with Gasteiger partial charge in [-0.2, -0.15) is 12.7 Å². The Hall–Kier alpha value is -0.660. The van der Waals surface area contributed by atoms with Crippen LogP contribution < -0.4 is 4.72 Å². The molecule has 0 amide bonds. The molecule has 1 rings (SSSR count). The molecular weight excluding hydrogens is 232 g/mol. The molecule has 0 unspecified atom stereocenters. The molecule has 0 spiro atoms. The van der Waals surface area contributed by atoms with Gasteiger partial charge in [0.05, 0.1) is 6.42 Å². The van der Waals surface area contributed by atoms with Crippen LogP contribution >= 0.6 is 0 Å². The third kappa shape index (κ3) is 4.46. The maximum absolute atomic E-state index is 11.7. The summed E-state index contributed by atoms with van der Waals surface area (Å²) < 4.78 is 27.2. The van der Waals surface area contributed by atoms with Gasteiger partial charge in [0.15, 0.2) is 0 Å². The van der Waals surface area contributed by atoms with Crippen molar-refractivity contribution in [1.82, 2.24) is 9.03 Å². The molecule has 1 aliphatic rings. The Bertz CT molecular complexity index is 320. The van der Waals surface area contributed by atoms with Crippen LogP contribution in [0.1, 0.15) is 32.1 Å². The molecule has 0 atom stereocenters. The van der Waals surface area contributed by atoms with E-state index in [2.05, 4.69) is 4.72 Å². The standard InChI is InChI=1S/C9H18N2O4S/c12-9(13)5-6-10-16(14,15)11-7-3-1-2-4-8-11/h10H,1-8H2,(H,12,13). The number of rotatable bonds is 5. The van der Waals surface area contributed by atoms with E-state index < -0.39 is 16.2 Å². The van der Waals surface area contributed by atoms with Crippen molar-refractivity contribution >= 4 is 16.2 Å². The van der Waals surface area contributed by atoms with Crippen molar-refractivity contribution in [2.24, 2.45) is 0 Å². The van der Waals surface area contributed by atoms with Gasteiger partial charge in [-0.1, -0.05) is 12.8 Å². The van der Waals surface area contributed by atoms with Gasteiger partial charge in [-0.05, 0) is 12.8 Å². The Labute approximate surface area is 95.8 Å². The lowest BCUT2D eigenvalue weighted by Crippen LogP contribution is -2.41. The minimum absolute atomic E-state index is 0.0475. The highest BCUT2D eigenvalue weighted by Gasteiger charge is 2.22. The van der Waals surface area contributed by atoms with Gasteiger partial charge < -0.3 is 5.11 Å². The van der Waals surface area contributed by atoms with Crippen LogP contribution in [-0.4, -0.2) is 43.4 Å². The number of carboxylic acid groups (broad SMARTS) is 1. The third-order valence-corrected chi connectivity index (χ3v) is 4.14. The van der Waals surface area contributed by atoms with E-state index in [-0.39, 0.29) is 13.0 Å². The predicted molar refractivity (Wildman–Crippen MR) is 59.2 cm³/mol. The summed E-state index contributed by atoms with van der Waals surface area (Å²) in [5.74, 6) is -1.00. The molecule has 1 heterocycles. The second-order valence-electron chi connectivity index (χ2n) is 3.86. The number of carbonyl (C=O) groups is 1. The van der Waals surface area contributed by atoms with Crippen molar-refractivity contribution in [3.8, 4) is 0 Å². The lowest BCUT2D eigenvalue weighted by molar-refractivity contribution is -0.136. The van der Waals surface area contributed by atoms with Gasteiger partial charge in [0.1, 0.15) is 0 Å². The first-order valence-corrected chi connectivity index (χ1v) is 6.93. The predicted octanol–water partition coefficient (Wildman–Crippen LogP) is 0.171. The summed E-state index contributed by atoms with van der Waals surface area (Å²) in [4.78, 5) is 10.3. The summed E-state index contributed by atoms with van der Waals surface area (Å²) >= 11 is 0. The number of carboxylic acids is 1. The first-order valence-electron chi connectivity index (χ1n) is 5.49. The Morgan fingerprint density at radius 1 is 1.19 bits per heavy atom. The number of hydrogen-bond donors (Lipinski definition) is 2. The molecule has 94 valence electrons. The largest absolute Gasteiger partial charge is 0.481 e. The van der Waals surface area contributed by atoms with Gasteiger partial charge in [0.25, 0.3) is 10.2 Å². The van der Waals surface area contributed by atoms with Gasteiger partial charge in [-0.25, -0.2) is 4.72 Å². The average Bonchev–Trinajstić information content (AvgIpc) is 2.44. The lowest BCUT2D eigenvalue weighted by atomic mass is 10.2. The number of aliphatic carboxylic acids is 1. The number of nitrogens with zero attached hydrogens (tertiary/aromatic N) is 1. The van der Waals surface area contributed by atoms with Gasteiger partial charge in [0.2, 0.25) is 0 Å². The van der Waals surface area contributed by atoms with Crippen molar-refractivity contribution < 1.29 is 18.3 Å². The van der Waals surface area contributed by atoms with Crippen LogP contribution in [0.25, 0.3) is 0 Å². The van der Waals surface area contributed by atoms with Gasteiger partial charge in [0, 0.05) is 19.6 Å². The molecule has 6 nitrogen and oxygen atoms in total. The highest BCUT2D eigenvalue weighted by Crippen LogP contribution is 2.12. The van der Waals surface area contributed by atoms with Crippen LogP contribution in [0.5, 0.6) is 0 Å². The van der Waals surface area contributed by atoms with Gasteiger partial charge in [-0.3, -0.25) is 4.79 Å². The molecule has 2 N–H and O–H groups in total. The molecule has 0 saturated carbocycles. The van der Waals surface area contributed by atoms with Gasteiger partial charge >= 0.3 is 5.97 Å². The molecule has 1 aliphatic heterocycles. The van der Waals surface area contributed by atoms with E-state index in [0.29, 0.717) is 13.1 Å². The number of nitrogens with one attached hydrogen (secondary N) is 1. The summed E-state index contributed by atoms with van der Waals surface area (Å²) in [7, 11) is -3.48. The molecule has 0 aromatic rings. The zero-order chi connectivity index (χ0) is 12.0. The van der Waals surface area contributed by atoms with Crippen LogP contribution in [0.2, 0.25) is 0 Å². The molecule has 7 heteroatoms. The van der Waals surface area contributed by atoms with E-state index >= 15 is 0 Å². The summed E-state index contributed by atoms with van der Waals surface area (Å²) in [5, 5.41) is 8.42. The smallest absolute Gasteiger partial charge is 0.304 e. The zero-order valence-electron chi connectivity index (χ0n) is 9.18. The molecule has 1 fully saturated rings. The Morgan fingerprint density at radius 3 is 2.25 bits per heavy atom. The third-order valence-electron chi connectivity index (χ3n) is 2.53. The van der Waals surface area contributed by atoms with E-state index in [4.69, 9.17) is 5.11 Å². The van der Waals surface area contributed by atoms with Crippen LogP contribution in [0.15, 0.2) is 0 Å². The Kier molecular flexibility index (Phi) is 5.17. The molecule has 0 bridgehead atoms. The summed E-state index contributed by atoms with van der Waals surface area (Å²) in [6.07, 6.45) is 3.68. The van der Waals surface area contributed by atoms with Crippen LogP contribution in [0.3, 0.4) is 0 Å². The quantitative estimate of drug-likeness (QED) is 0.728. The van der Waals surface area contributed by atoms with Crippen LogP contribution in [0.4, 0.5) is 0 Å². The van der Waals surface area contributed by atoms with Crippen molar-refractivity contribution in [2.75, 3.05) is 19.6 Å². The summed E-state index contributed by atoms with van der Waals surface area (Å²) in [5.41, 5.74) is 0. The molecule has 0 aromatic heterocycles. The fourth-order valence-corrected chi connectivity index (χ4v) is 2.94. The number of hydrogen-bond acceptors (Lipinski definition) is 3. The molecule has 0 aliphatic carbocycles. The van der Waals surface area contributed by atoms with E-state index in [1.807, 2.05) is 0 Å². The van der Waals surface area contributed by atoms with Crippen molar-refractivity contribution in [1.29, 1.82) is 0 Å². The Morgan fingerprint density at radius 2 is 1.75 bits per heavy atom. The Balaban J connectivity index is 2.44. The SMILES string of the molecule is O=C(O)CCNS(=O)(=O)N1CCCCCC1. The molecule has 0 aromatic carbocycles.